The predicted molar refractivity (Wildman–Crippen MR) is 109 cm³/mol. The number of nitro groups is 1. The molecule has 0 bridgehead atoms. The third-order valence-electron chi connectivity index (χ3n) is 4.00. The van der Waals surface area contributed by atoms with E-state index >= 15 is 0 Å². The van der Waals surface area contributed by atoms with Crippen LogP contribution in [0.25, 0.3) is 0 Å². The number of hydrazine groups is 1. The van der Waals surface area contributed by atoms with Crippen LogP contribution in [0.15, 0.2) is 18.2 Å². The molecule has 0 heterocycles. The zero-order chi connectivity index (χ0) is 22.7. The minimum absolute atomic E-state index is 0.158. The quantitative estimate of drug-likeness (QED) is 0.120. The van der Waals surface area contributed by atoms with Crippen LogP contribution in [-0.4, -0.2) is 35.4 Å². The Morgan fingerprint density at radius 2 is 2.03 bits per heavy atom. The van der Waals surface area contributed by atoms with Crippen molar-refractivity contribution >= 4 is 17.8 Å². The second-order valence-corrected chi connectivity index (χ2v) is 7.16. The van der Waals surface area contributed by atoms with E-state index < -0.39 is 34.7 Å². The van der Waals surface area contributed by atoms with E-state index in [0.717, 1.165) is 0 Å². The van der Waals surface area contributed by atoms with Crippen LogP contribution in [0, 0.1) is 40.7 Å². The summed E-state index contributed by atoms with van der Waals surface area (Å²) in [6, 6.07) is 3.18. The van der Waals surface area contributed by atoms with Crippen LogP contribution in [-0.2, 0) is 4.79 Å². The summed E-state index contributed by atoms with van der Waals surface area (Å²) in [5, 5.41) is 24.4. The van der Waals surface area contributed by atoms with Gasteiger partial charge in [-0.1, -0.05) is 30.9 Å². The number of hydrogen-bond donors (Lipinski definition) is 5. The number of guanidine groups is 1. The molecule has 0 saturated carbocycles. The fourth-order valence-corrected chi connectivity index (χ4v) is 2.46. The maximum Gasteiger partial charge on any atom is 0.254 e. The van der Waals surface area contributed by atoms with Crippen LogP contribution < -0.4 is 21.4 Å². The molecule has 165 valence electrons. The molecule has 0 fully saturated rings. The highest BCUT2D eigenvalue weighted by Gasteiger charge is 2.22. The topological polar surface area (TPSA) is 149 Å². The maximum atomic E-state index is 14.0. The summed E-state index contributed by atoms with van der Waals surface area (Å²) in [7, 11) is 0. The van der Waals surface area contributed by atoms with Crippen molar-refractivity contribution in [3.8, 4) is 0 Å². The van der Waals surface area contributed by atoms with Crippen LogP contribution in [0.1, 0.15) is 49.0 Å². The second kappa shape index (κ2) is 12.3. The van der Waals surface area contributed by atoms with Crippen molar-refractivity contribution < 1.29 is 19.0 Å². The highest BCUT2D eigenvalue weighted by molar-refractivity contribution is 5.98. The molecular formula is C19H28FN6O4. The van der Waals surface area contributed by atoms with Crippen LogP contribution >= 0.6 is 0 Å². The van der Waals surface area contributed by atoms with E-state index in [4.69, 9.17) is 5.41 Å². The normalized spacial score (nSPS) is 11.5. The number of amides is 2. The van der Waals surface area contributed by atoms with Crippen molar-refractivity contribution in [1.82, 2.24) is 21.4 Å². The third-order valence-corrected chi connectivity index (χ3v) is 4.00. The molecule has 11 heteroatoms. The summed E-state index contributed by atoms with van der Waals surface area (Å²) in [6.45, 7) is 7.47. The minimum atomic E-state index is -0.944. The number of rotatable bonds is 11. The van der Waals surface area contributed by atoms with Crippen molar-refractivity contribution in [1.29, 1.82) is 5.41 Å². The van der Waals surface area contributed by atoms with Gasteiger partial charge in [0, 0.05) is 13.1 Å². The van der Waals surface area contributed by atoms with Gasteiger partial charge in [0.25, 0.3) is 11.9 Å². The smallest absolute Gasteiger partial charge is 0.254 e. The molecule has 5 N–H and O–H groups in total. The number of aryl methyl sites for hydroxylation is 1. The Hall–Kier alpha value is -3.24. The van der Waals surface area contributed by atoms with Crippen molar-refractivity contribution in [2.75, 3.05) is 6.54 Å². The van der Waals surface area contributed by atoms with E-state index in [1.165, 1.54) is 18.2 Å². The maximum absolute atomic E-state index is 14.0. The molecule has 10 nitrogen and oxygen atoms in total. The lowest BCUT2D eigenvalue weighted by Crippen LogP contribution is -2.47. The molecule has 1 rings (SSSR count). The Kier molecular flexibility index (Phi) is 10.2. The van der Waals surface area contributed by atoms with Gasteiger partial charge in [0.05, 0.1) is 5.56 Å². The molecule has 0 spiro atoms. The molecule has 1 atom stereocenters. The van der Waals surface area contributed by atoms with Crippen molar-refractivity contribution in [3.05, 3.63) is 51.8 Å². The molecule has 0 saturated heterocycles. The van der Waals surface area contributed by atoms with Crippen LogP contribution in [0.5, 0.6) is 0 Å². The number of halogens is 1. The summed E-state index contributed by atoms with van der Waals surface area (Å²) >= 11 is 0. The number of nitrogens with zero attached hydrogens (tertiary/aromatic N) is 1. The average Bonchev–Trinajstić information content (AvgIpc) is 2.64. The summed E-state index contributed by atoms with van der Waals surface area (Å²) in [5.74, 6) is -2.00. The number of nitrogens with one attached hydrogen (secondary N) is 5. The van der Waals surface area contributed by atoms with Crippen molar-refractivity contribution in [2.24, 2.45) is 5.92 Å². The summed E-state index contributed by atoms with van der Waals surface area (Å²) in [6.07, 6.45) is 1.14. The molecule has 1 aromatic carbocycles. The standard InChI is InChI=1S/C19H28FN6O4/c1-12(2)8-10-22-18(28)16(5-4-9-23-19(21)25-26(29)30)24-17(27)14-11-13(3)6-7-15(14)20/h6-7,10-12,16H,4-5,8-9H2,1-3H3,(H,22,28)(H,24,27)(H3,21,23,25)/t16-/m0/s1. The molecule has 2 amide bonds. The lowest BCUT2D eigenvalue weighted by Gasteiger charge is -2.19. The number of carbonyl (C=O) groups excluding carboxylic acids is 2. The first kappa shape index (κ1) is 24.8. The van der Waals surface area contributed by atoms with Crippen LogP contribution in [0.4, 0.5) is 4.39 Å². The Bertz CT molecular complexity index is 771. The minimum Gasteiger partial charge on any atom is -0.352 e. The zero-order valence-corrected chi connectivity index (χ0v) is 17.3. The van der Waals surface area contributed by atoms with E-state index in [0.29, 0.717) is 24.3 Å². The molecule has 30 heavy (non-hydrogen) atoms. The molecule has 0 aliphatic heterocycles. The molecule has 0 unspecified atom stereocenters. The van der Waals surface area contributed by atoms with Crippen molar-refractivity contribution in [2.45, 2.75) is 46.1 Å². The van der Waals surface area contributed by atoms with Gasteiger partial charge in [-0.05, 0) is 44.2 Å². The number of benzene rings is 1. The first-order valence-electron chi connectivity index (χ1n) is 9.52. The van der Waals surface area contributed by atoms with E-state index in [1.54, 1.807) is 18.9 Å². The van der Waals surface area contributed by atoms with E-state index in [1.807, 2.05) is 13.8 Å². The largest absolute Gasteiger partial charge is 0.352 e. The van der Waals surface area contributed by atoms with Gasteiger partial charge in [-0.2, -0.15) is 0 Å². The van der Waals surface area contributed by atoms with Crippen LogP contribution in [0.2, 0.25) is 0 Å². The van der Waals surface area contributed by atoms with Gasteiger partial charge in [-0.3, -0.25) is 15.0 Å². The summed E-state index contributed by atoms with van der Waals surface area (Å²) in [5.41, 5.74) is 2.20. The van der Waals surface area contributed by atoms with Gasteiger partial charge in [0.15, 0.2) is 5.03 Å². The number of hydrogen-bond acceptors (Lipinski definition) is 5. The SMILES string of the molecule is Cc1ccc(F)c(C(=O)N[C@@H](CCCNC(=N)N[N+](=O)[O-])C(=O)N[CH]CC(C)C)c1. The van der Waals surface area contributed by atoms with Gasteiger partial charge in [-0.25, -0.2) is 14.5 Å². The average molecular weight is 423 g/mol. The first-order valence-corrected chi connectivity index (χ1v) is 9.52. The summed E-state index contributed by atoms with van der Waals surface area (Å²) in [4.78, 5) is 35.3. The van der Waals surface area contributed by atoms with Crippen LogP contribution in [0.3, 0.4) is 0 Å². The van der Waals surface area contributed by atoms with Gasteiger partial charge in [0.1, 0.15) is 11.9 Å². The van der Waals surface area contributed by atoms with E-state index in [9.17, 15) is 24.1 Å². The zero-order valence-electron chi connectivity index (χ0n) is 17.3. The second-order valence-electron chi connectivity index (χ2n) is 7.16. The van der Waals surface area contributed by atoms with Gasteiger partial charge in [-0.15, -0.1) is 0 Å². The molecular weight excluding hydrogens is 395 g/mol. The van der Waals surface area contributed by atoms with Gasteiger partial charge >= 0.3 is 0 Å². The Morgan fingerprint density at radius 1 is 1.33 bits per heavy atom. The van der Waals surface area contributed by atoms with Gasteiger partial charge < -0.3 is 16.0 Å². The molecule has 1 aromatic rings. The molecule has 0 aromatic heterocycles. The Balaban J connectivity index is 2.73. The molecule has 0 aliphatic rings. The highest BCUT2D eigenvalue weighted by Crippen LogP contribution is 2.11. The highest BCUT2D eigenvalue weighted by atomic mass is 19.1. The van der Waals surface area contributed by atoms with E-state index in [2.05, 4.69) is 16.0 Å². The monoisotopic (exact) mass is 423 g/mol. The predicted octanol–water partition coefficient (Wildman–Crippen LogP) is 1.64. The fraction of sp³-hybridized carbons (Fsp3) is 0.474. The molecule has 1 radical (unpaired) electrons. The number of carbonyl (C=O) groups is 2. The Morgan fingerprint density at radius 3 is 2.67 bits per heavy atom. The lowest BCUT2D eigenvalue weighted by atomic mass is 10.1. The first-order chi connectivity index (χ1) is 14.1. The fourth-order valence-electron chi connectivity index (χ4n) is 2.46. The molecule has 0 aliphatic carbocycles. The van der Waals surface area contributed by atoms with E-state index in [-0.39, 0.29) is 18.5 Å². The van der Waals surface area contributed by atoms with Gasteiger partial charge in [0.2, 0.25) is 5.91 Å². The Labute approximate surface area is 174 Å². The summed E-state index contributed by atoms with van der Waals surface area (Å²) < 4.78 is 14.0. The van der Waals surface area contributed by atoms with Crippen molar-refractivity contribution in [3.63, 3.8) is 0 Å². The lowest BCUT2D eigenvalue weighted by molar-refractivity contribution is -0.525. The third kappa shape index (κ3) is 9.30.